The van der Waals surface area contributed by atoms with Crippen LogP contribution in [0.3, 0.4) is 0 Å². The third-order valence-electron chi connectivity index (χ3n) is 3.64. The largest absolute Gasteiger partial charge is 0.505 e. The number of carbonyl (C=O) groups is 2. The zero-order valence-electron chi connectivity index (χ0n) is 12.2. The van der Waals surface area contributed by atoms with E-state index in [0.29, 0.717) is 5.76 Å². The lowest BCUT2D eigenvalue weighted by Gasteiger charge is -2.05. The second kappa shape index (κ2) is 5.68. The van der Waals surface area contributed by atoms with E-state index in [1.807, 2.05) is 0 Å². The Labute approximate surface area is 130 Å². The van der Waals surface area contributed by atoms with Crippen LogP contribution in [0.25, 0.3) is 5.76 Å². The number of rotatable bonds is 3. The number of hydrogen-bond donors (Lipinski definition) is 1. The Kier molecular flexibility index (Phi) is 3.69. The molecule has 0 aliphatic carbocycles. The molecular formula is C16H13FN2O4. The quantitative estimate of drug-likeness (QED) is 0.529. The number of likely N-dealkylation sites (N-methyl/N-ethyl adjacent to an activating group) is 1. The van der Waals surface area contributed by atoms with Gasteiger partial charge in [0.15, 0.2) is 12.2 Å². The summed E-state index contributed by atoms with van der Waals surface area (Å²) in [4.78, 5) is 28.5. The van der Waals surface area contributed by atoms with Crippen molar-refractivity contribution in [1.82, 2.24) is 9.88 Å². The summed E-state index contributed by atoms with van der Waals surface area (Å²) < 4.78 is 18.2. The van der Waals surface area contributed by atoms with E-state index in [4.69, 9.17) is 4.42 Å². The fourth-order valence-corrected chi connectivity index (χ4v) is 2.39. The Morgan fingerprint density at radius 2 is 2.04 bits per heavy atom. The monoisotopic (exact) mass is 316 g/mol. The van der Waals surface area contributed by atoms with Crippen molar-refractivity contribution in [3.63, 3.8) is 0 Å². The third-order valence-corrected chi connectivity index (χ3v) is 3.64. The summed E-state index contributed by atoms with van der Waals surface area (Å²) in [5.41, 5.74) is 0.862. The lowest BCUT2D eigenvalue weighted by atomic mass is 10.1. The number of oxazole rings is 1. The van der Waals surface area contributed by atoms with Crippen molar-refractivity contribution in [1.29, 1.82) is 0 Å². The van der Waals surface area contributed by atoms with Crippen molar-refractivity contribution in [3.8, 4) is 0 Å². The summed E-state index contributed by atoms with van der Waals surface area (Å²) in [5, 5.41) is 10.3. The van der Waals surface area contributed by atoms with Gasteiger partial charge in [-0.1, -0.05) is 12.1 Å². The third kappa shape index (κ3) is 2.73. The summed E-state index contributed by atoms with van der Waals surface area (Å²) in [6, 6.07) is 5.81. The lowest BCUT2D eigenvalue weighted by Crippen LogP contribution is -2.22. The van der Waals surface area contributed by atoms with Gasteiger partial charge >= 0.3 is 0 Å². The normalized spacial score (nSPS) is 17.0. The van der Waals surface area contributed by atoms with E-state index < -0.39 is 11.7 Å². The number of aliphatic hydroxyl groups excluding tert-OH is 1. The molecule has 0 bridgehead atoms. The molecule has 1 N–H and O–H groups in total. The van der Waals surface area contributed by atoms with Crippen LogP contribution in [0.15, 0.2) is 40.6 Å². The predicted molar refractivity (Wildman–Crippen MR) is 77.9 cm³/mol. The predicted octanol–water partition coefficient (Wildman–Crippen LogP) is 1.71. The Hall–Kier alpha value is -2.96. The minimum Gasteiger partial charge on any atom is -0.505 e. The van der Waals surface area contributed by atoms with Crippen LogP contribution in [0.1, 0.15) is 17.0 Å². The number of aromatic nitrogens is 1. The van der Waals surface area contributed by atoms with Crippen molar-refractivity contribution >= 4 is 17.4 Å². The van der Waals surface area contributed by atoms with Gasteiger partial charge in [-0.25, -0.2) is 9.37 Å². The summed E-state index contributed by atoms with van der Waals surface area (Å²) in [7, 11) is 1.47. The molecule has 1 amide bonds. The van der Waals surface area contributed by atoms with Crippen LogP contribution < -0.4 is 0 Å². The zero-order valence-corrected chi connectivity index (χ0v) is 12.2. The Morgan fingerprint density at radius 1 is 1.35 bits per heavy atom. The molecule has 0 radical (unpaired) electrons. The number of aliphatic hydroxyl groups is 1. The molecule has 0 spiro atoms. The molecule has 1 aromatic heterocycles. The molecule has 0 saturated carbocycles. The number of hydrogen-bond acceptors (Lipinski definition) is 5. The molecule has 2 heterocycles. The first kappa shape index (κ1) is 15.0. The fraction of sp³-hybridized carbons (Fsp3) is 0.188. The molecule has 6 nitrogen and oxygen atoms in total. The fourth-order valence-electron chi connectivity index (χ4n) is 2.39. The summed E-state index contributed by atoms with van der Waals surface area (Å²) in [6.45, 7) is 0.0202. The van der Waals surface area contributed by atoms with Gasteiger partial charge in [0.1, 0.15) is 17.3 Å². The minimum atomic E-state index is -0.749. The van der Waals surface area contributed by atoms with Gasteiger partial charge in [0.2, 0.25) is 0 Å². The molecule has 23 heavy (non-hydrogen) atoms. The van der Waals surface area contributed by atoms with Gasteiger partial charge in [0.05, 0.1) is 12.1 Å². The number of nitrogens with zero attached hydrogens (tertiary/aromatic N) is 2. The van der Waals surface area contributed by atoms with Gasteiger partial charge in [-0.15, -0.1) is 0 Å². The molecule has 1 aromatic carbocycles. The molecule has 118 valence electrons. The lowest BCUT2D eigenvalue weighted by molar-refractivity contribution is -0.138. The smallest absolute Gasteiger partial charge is 0.294 e. The molecule has 2 aromatic rings. The van der Waals surface area contributed by atoms with Crippen LogP contribution in [0.2, 0.25) is 0 Å². The standard InChI is InChI=1S/C16H13FN2O4/c1-19-7-11(15(21)16(19)22)14(20)13-12(23-8-18-13)6-9-2-4-10(17)5-3-9/h2-5,8,20H,6-7H2,1H3/b14-11+. The Bertz CT molecular complexity index is 808. The SMILES string of the molecule is CN1C/C(=C(\O)c2ncoc2Cc2ccc(F)cc2)C(=O)C1=O. The second-order valence-corrected chi connectivity index (χ2v) is 5.24. The van der Waals surface area contributed by atoms with Crippen molar-refractivity contribution in [3.05, 3.63) is 59.1 Å². The van der Waals surface area contributed by atoms with Gasteiger partial charge in [0.25, 0.3) is 11.7 Å². The van der Waals surface area contributed by atoms with E-state index in [1.54, 1.807) is 12.1 Å². The van der Waals surface area contributed by atoms with Gasteiger partial charge < -0.3 is 14.4 Å². The molecule has 7 heteroatoms. The van der Waals surface area contributed by atoms with Gasteiger partial charge in [-0.2, -0.15) is 0 Å². The van der Waals surface area contributed by atoms with Gasteiger partial charge in [-0.3, -0.25) is 9.59 Å². The Morgan fingerprint density at radius 3 is 2.65 bits per heavy atom. The molecule has 1 fully saturated rings. The van der Waals surface area contributed by atoms with Crippen molar-refractivity contribution in [2.75, 3.05) is 13.6 Å². The Balaban J connectivity index is 1.93. The van der Waals surface area contributed by atoms with E-state index in [-0.39, 0.29) is 35.8 Å². The molecule has 1 saturated heterocycles. The van der Waals surface area contributed by atoms with Crippen LogP contribution in [-0.4, -0.2) is 40.3 Å². The molecule has 0 atom stereocenters. The minimum absolute atomic E-state index is 0.00763. The van der Waals surface area contributed by atoms with E-state index >= 15 is 0 Å². The number of benzene rings is 1. The van der Waals surface area contributed by atoms with E-state index in [9.17, 15) is 19.1 Å². The highest BCUT2D eigenvalue weighted by molar-refractivity contribution is 6.46. The van der Waals surface area contributed by atoms with Crippen molar-refractivity contribution in [2.45, 2.75) is 6.42 Å². The average molecular weight is 316 g/mol. The van der Waals surface area contributed by atoms with Crippen molar-refractivity contribution < 1.29 is 23.5 Å². The number of ketones is 1. The first-order valence-corrected chi connectivity index (χ1v) is 6.86. The second-order valence-electron chi connectivity index (χ2n) is 5.24. The number of amides is 1. The maximum Gasteiger partial charge on any atom is 0.294 e. The molecule has 0 unspecified atom stereocenters. The van der Waals surface area contributed by atoms with Crippen LogP contribution in [0.5, 0.6) is 0 Å². The highest BCUT2D eigenvalue weighted by Gasteiger charge is 2.35. The highest BCUT2D eigenvalue weighted by Crippen LogP contribution is 2.25. The van der Waals surface area contributed by atoms with Crippen LogP contribution in [0.4, 0.5) is 4.39 Å². The first-order valence-electron chi connectivity index (χ1n) is 6.86. The molecular weight excluding hydrogens is 303 g/mol. The van der Waals surface area contributed by atoms with Gasteiger partial charge in [0, 0.05) is 13.5 Å². The summed E-state index contributed by atoms with van der Waals surface area (Å²) in [6.07, 6.45) is 1.42. The van der Waals surface area contributed by atoms with Crippen LogP contribution >= 0.6 is 0 Å². The maximum absolute atomic E-state index is 12.9. The number of carbonyl (C=O) groups excluding carboxylic acids is 2. The van der Waals surface area contributed by atoms with Crippen molar-refractivity contribution in [2.24, 2.45) is 0 Å². The van der Waals surface area contributed by atoms with E-state index in [2.05, 4.69) is 4.98 Å². The van der Waals surface area contributed by atoms with Gasteiger partial charge in [-0.05, 0) is 17.7 Å². The topological polar surface area (TPSA) is 83.6 Å². The summed E-state index contributed by atoms with van der Waals surface area (Å²) >= 11 is 0. The van der Waals surface area contributed by atoms with Crippen LogP contribution in [-0.2, 0) is 16.0 Å². The zero-order chi connectivity index (χ0) is 16.6. The number of Topliss-reactive ketones (excluding diaryl/α,β-unsaturated/α-hetero) is 1. The van der Waals surface area contributed by atoms with E-state index in [1.165, 1.54) is 24.1 Å². The molecule has 1 aliphatic rings. The maximum atomic E-state index is 12.9. The highest BCUT2D eigenvalue weighted by atomic mass is 19.1. The first-order chi connectivity index (χ1) is 11.0. The molecule has 3 rings (SSSR count). The van der Waals surface area contributed by atoms with Crippen LogP contribution in [0, 0.1) is 5.82 Å². The van der Waals surface area contributed by atoms with E-state index in [0.717, 1.165) is 12.0 Å². The number of likely N-dealkylation sites (tertiary alicyclic amines) is 1. The number of halogens is 1. The molecule has 1 aliphatic heterocycles. The average Bonchev–Trinajstić information content (AvgIpc) is 3.09. The summed E-state index contributed by atoms with van der Waals surface area (Å²) in [5.74, 6) is -1.81.